The molecule has 0 saturated carbocycles. The maximum absolute atomic E-state index is 12.9. The fourth-order valence-corrected chi connectivity index (χ4v) is 2.47. The summed E-state index contributed by atoms with van der Waals surface area (Å²) in [5, 5.41) is 10.7. The molecule has 0 radical (unpaired) electrons. The van der Waals surface area contributed by atoms with Gasteiger partial charge in [0, 0.05) is 23.3 Å². The highest BCUT2D eigenvalue weighted by atomic mass is 19.1. The van der Waals surface area contributed by atoms with Crippen LogP contribution in [-0.4, -0.2) is 22.8 Å². The molecule has 3 rings (SSSR count). The number of Topliss-reactive ketones (excluding diaryl/α,β-unsaturated/α-hetero) is 1. The fraction of sp³-hybridized carbons (Fsp3) is 0.100. The highest BCUT2D eigenvalue weighted by Gasteiger charge is 2.22. The van der Waals surface area contributed by atoms with E-state index >= 15 is 0 Å². The number of nitrogens with zero attached hydrogens (tertiary/aromatic N) is 1. The number of nitro groups is 1. The predicted molar refractivity (Wildman–Crippen MR) is 96.4 cm³/mol. The van der Waals surface area contributed by atoms with Crippen LogP contribution in [0.2, 0.25) is 0 Å². The maximum atomic E-state index is 12.9. The van der Waals surface area contributed by atoms with Gasteiger partial charge in [-0.3, -0.25) is 14.9 Å². The third-order valence-corrected chi connectivity index (χ3v) is 3.95. The maximum Gasteiger partial charge on any atom is 0.374 e. The highest BCUT2D eigenvalue weighted by Crippen LogP contribution is 2.25. The molecule has 0 saturated heterocycles. The number of carbonyl (C=O) groups is 2. The Bertz CT molecular complexity index is 1020. The zero-order valence-corrected chi connectivity index (χ0v) is 14.6. The van der Waals surface area contributed by atoms with Crippen molar-refractivity contribution >= 4 is 17.4 Å². The number of rotatable bonds is 6. The molecule has 8 heteroatoms. The minimum atomic E-state index is -1.09. The summed E-state index contributed by atoms with van der Waals surface area (Å²) < 4.78 is 23.5. The average molecular weight is 383 g/mol. The zero-order valence-electron chi connectivity index (χ0n) is 14.6. The Morgan fingerprint density at radius 1 is 1.04 bits per heavy atom. The lowest BCUT2D eigenvalue weighted by Gasteiger charge is -2.11. The van der Waals surface area contributed by atoms with Crippen LogP contribution < -0.4 is 0 Å². The van der Waals surface area contributed by atoms with Crippen LogP contribution in [0, 0.1) is 15.9 Å². The third-order valence-electron chi connectivity index (χ3n) is 3.95. The van der Waals surface area contributed by atoms with Crippen LogP contribution in [0.5, 0.6) is 0 Å². The smallest absolute Gasteiger partial charge is 0.374 e. The first-order valence-electron chi connectivity index (χ1n) is 8.20. The lowest BCUT2D eigenvalue weighted by Crippen LogP contribution is -2.24. The molecular formula is C20H14FNO6. The summed E-state index contributed by atoms with van der Waals surface area (Å²) in [6.45, 7) is 1.41. The molecule has 1 heterocycles. The van der Waals surface area contributed by atoms with E-state index in [1.165, 1.54) is 55.5 Å². The molecular weight excluding hydrogens is 369 g/mol. The summed E-state index contributed by atoms with van der Waals surface area (Å²) in [6, 6.07) is 13.4. The molecule has 142 valence electrons. The lowest BCUT2D eigenvalue weighted by atomic mass is 10.1. The number of halogens is 1. The molecule has 0 aliphatic heterocycles. The Morgan fingerprint density at radius 2 is 1.68 bits per heavy atom. The second-order valence-electron chi connectivity index (χ2n) is 5.89. The zero-order chi connectivity index (χ0) is 20.3. The summed E-state index contributed by atoms with van der Waals surface area (Å²) >= 11 is 0. The summed E-state index contributed by atoms with van der Waals surface area (Å²) in [5.41, 5.74) is 0.691. The van der Waals surface area contributed by atoms with Crippen molar-refractivity contribution in [3.8, 4) is 11.3 Å². The number of esters is 1. The van der Waals surface area contributed by atoms with Gasteiger partial charge in [-0.15, -0.1) is 0 Å². The van der Waals surface area contributed by atoms with Gasteiger partial charge in [-0.25, -0.2) is 9.18 Å². The second kappa shape index (κ2) is 7.83. The molecule has 0 spiro atoms. The van der Waals surface area contributed by atoms with Crippen molar-refractivity contribution in [3.05, 3.63) is 87.9 Å². The van der Waals surface area contributed by atoms with E-state index in [-0.39, 0.29) is 17.0 Å². The quantitative estimate of drug-likeness (QED) is 0.270. The molecule has 0 amide bonds. The number of ketones is 1. The number of ether oxygens (including phenoxy) is 1. The Morgan fingerprint density at radius 3 is 2.29 bits per heavy atom. The number of nitro benzene ring substituents is 1. The van der Waals surface area contributed by atoms with Crippen molar-refractivity contribution in [1.82, 2.24) is 0 Å². The van der Waals surface area contributed by atoms with E-state index in [1.54, 1.807) is 0 Å². The van der Waals surface area contributed by atoms with E-state index < -0.39 is 28.6 Å². The van der Waals surface area contributed by atoms with Crippen molar-refractivity contribution in [1.29, 1.82) is 0 Å². The molecule has 1 atom stereocenters. The summed E-state index contributed by atoms with van der Waals surface area (Å²) in [7, 11) is 0. The molecule has 0 N–H and O–H groups in total. The first-order valence-corrected chi connectivity index (χ1v) is 8.20. The van der Waals surface area contributed by atoms with Crippen molar-refractivity contribution < 1.29 is 28.1 Å². The van der Waals surface area contributed by atoms with Gasteiger partial charge >= 0.3 is 5.97 Å². The molecule has 0 aliphatic carbocycles. The van der Waals surface area contributed by atoms with Crippen molar-refractivity contribution in [2.24, 2.45) is 0 Å². The van der Waals surface area contributed by atoms with Gasteiger partial charge in [0.25, 0.3) is 5.69 Å². The normalized spacial score (nSPS) is 11.6. The van der Waals surface area contributed by atoms with Gasteiger partial charge in [-0.2, -0.15) is 0 Å². The van der Waals surface area contributed by atoms with E-state index in [0.717, 1.165) is 12.1 Å². The Balaban J connectivity index is 1.69. The van der Waals surface area contributed by atoms with Gasteiger partial charge in [0.1, 0.15) is 11.6 Å². The lowest BCUT2D eigenvalue weighted by molar-refractivity contribution is -0.384. The Labute approximate surface area is 158 Å². The number of benzene rings is 2. The van der Waals surface area contributed by atoms with Gasteiger partial charge in [-0.05, 0) is 55.5 Å². The molecule has 7 nitrogen and oxygen atoms in total. The highest BCUT2D eigenvalue weighted by molar-refractivity contribution is 6.01. The van der Waals surface area contributed by atoms with Crippen LogP contribution in [0.1, 0.15) is 27.8 Å². The SMILES string of the molecule is CC(OC(=O)c1ccc(-c2ccc([N+](=O)[O-])cc2)o1)C(=O)c1ccc(F)cc1. The van der Waals surface area contributed by atoms with E-state index in [1.807, 2.05) is 0 Å². The van der Waals surface area contributed by atoms with Crippen molar-refractivity contribution in [2.75, 3.05) is 0 Å². The third kappa shape index (κ3) is 4.12. The van der Waals surface area contributed by atoms with Crippen molar-refractivity contribution in [2.45, 2.75) is 13.0 Å². The van der Waals surface area contributed by atoms with Crippen LogP contribution in [0.3, 0.4) is 0 Å². The molecule has 0 fully saturated rings. The molecule has 3 aromatic rings. The number of non-ortho nitro benzene ring substituents is 1. The van der Waals surface area contributed by atoms with Crippen LogP contribution in [0.4, 0.5) is 10.1 Å². The minimum absolute atomic E-state index is 0.0666. The van der Waals surface area contributed by atoms with Gasteiger partial charge < -0.3 is 9.15 Å². The molecule has 2 aromatic carbocycles. The van der Waals surface area contributed by atoms with Crippen molar-refractivity contribution in [3.63, 3.8) is 0 Å². The van der Waals surface area contributed by atoms with Crippen LogP contribution in [0.15, 0.2) is 65.1 Å². The van der Waals surface area contributed by atoms with Crippen LogP contribution in [-0.2, 0) is 4.74 Å². The van der Waals surface area contributed by atoms with E-state index in [2.05, 4.69) is 0 Å². The molecule has 1 unspecified atom stereocenters. The number of carbonyl (C=O) groups excluding carboxylic acids is 2. The van der Waals surface area contributed by atoms with Gasteiger partial charge in [0.2, 0.25) is 11.5 Å². The van der Waals surface area contributed by atoms with Gasteiger partial charge in [0.05, 0.1) is 4.92 Å². The van der Waals surface area contributed by atoms with Crippen LogP contribution in [0.25, 0.3) is 11.3 Å². The summed E-state index contributed by atoms with van der Waals surface area (Å²) in [4.78, 5) is 34.6. The molecule has 0 aliphatic rings. The summed E-state index contributed by atoms with van der Waals surface area (Å²) in [6.07, 6.45) is -1.09. The standard InChI is InChI=1S/C20H14FNO6/c1-12(19(23)14-2-6-15(21)7-3-14)27-20(24)18-11-10-17(28-18)13-4-8-16(9-5-13)22(25)26/h2-12H,1H3. The number of hydrogen-bond donors (Lipinski definition) is 0. The van der Waals surface area contributed by atoms with Gasteiger partial charge in [-0.1, -0.05) is 0 Å². The monoisotopic (exact) mass is 383 g/mol. The predicted octanol–water partition coefficient (Wildman–Crippen LogP) is 4.42. The number of hydrogen-bond acceptors (Lipinski definition) is 6. The van der Waals surface area contributed by atoms with E-state index in [4.69, 9.17) is 9.15 Å². The Kier molecular flexibility index (Phi) is 5.30. The molecule has 1 aromatic heterocycles. The largest absolute Gasteiger partial charge is 0.449 e. The second-order valence-corrected chi connectivity index (χ2v) is 5.89. The first-order chi connectivity index (χ1) is 13.3. The van der Waals surface area contributed by atoms with E-state index in [9.17, 15) is 24.1 Å². The molecule has 0 bridgehead atoms. The molecule has 28 heavy (non-hydrogen) atoms. The summed E-state index contributed by atoms with van der Waals surface area (Å²) in [5.74, 6) is -1.59. The van der Waals surface area contributed by atoms with Gasteiger partial charge in [0.15, 0.2) is 6.10 Å². The topological polar surface area (TPSA) is 99.7 Å². The fourth-order valence-electron chi connectivity index (χ4n) is 2.47. The van der Waals surface area contributed by atoms with Crippen LogP contribution >= 0.6 is 0 Å². The van der Waals surface area contributed by atoms with E-state index in [0.29, 0.717) is 11.3 Å². The minimum Gasteiger partial charge on any atom is -0.449 e. The average Bonchev–Trinajstić information content (AvgIpc) is 3.18. The first kappa shape index (κ1) is 19.0. The Hall–Kier alpha value is -3.81. The number of furan rings is 1.